The van der Waals surface area contributed by atoms with Crippen molar-refractivity contribution >= 4 is 5.91 Å². The lowest BCUT2D eigenvalue weighted by Gasteiger charge is -2.26. The van der Waals surface area contributed by atoms with E-state index in [4.69, 9.17) is 0 Å². The van der Waals surface area contributed by atoms with Gasteiger partial charge < -0.3 is 15.7 Å². The Morgan fingerprint density at radius 2 is 2.14 bits per heavy atom. The lowest BCUT2D eigenvalue weighted by atomic mass is 9.95. The fraction of sp³-hybridized carbons (Fsp3) is 0.750. The highest BCUT2D eigenvalue weighted by atomic mass is 16.3. The maximum absolute atomic E-state index is 12.0. The van der Waals surface area contributed by atoms with Gasteiger partial charge >= 0.3 is 0 Å². The van der Waals surface area contributed by atoms with Gasteiger partial charge in [-0.25, -0.2) is 0 Å². The van der Waals surface area contributed by atoms with Gasteiger partial charge in [0, 0.05) is 25.2 Å². The van der Waals surface area contributed by atoms with Gasteiger partial charge in [0.15, 0.2) is 0 Å². The van der Waals surface area contributed by atoms with Crippen LogP contribution in [0.4, 0.5) is 0 Å². The first kappa shape index (κ1) is 17.0. The third-order valence-corrected chi connectivity index (χ3v) is 4.67. The second kappa shape index (κ2) is 7.24. The highest BCUT2D eigenvalue weighted by molar-refractivity contribution is 5.75. The number of hydrogen-bond acceptors (Lipinski definition) is 4. The Morgan fingerprint density at radius 1 is 1.36 bits per heavy atom. The van der Waals surface area contributed by atoms with E-state index in [1.165, 1.54) is 5.56 Å². The summed E-state index contributed by atoms with van der Waals surface area (Å²) in [6.07, 6.45) is 2.74. The van der Waals surface area contributed by atoms with E-state index in [2.05, 4.69) is 15.7 Å². The Morgan fingerprint density at radius 3 is 2.82 bits per heavy atom. The number of hydrogen-bond donors (Lipinski definition) is 3. The van der Waals surface area contributed by atoms with E-state index in [0.29, 0.717) is 25.9 Å². The number of nitrogens with zero attached hydrogens (tertiary/aromatic N) is 2. The molecule has 2 rings (SSSR count). The number of aliphatic hydroxyl groups is 1. The smallest absolute Gasteiger partial charge is 0.221 e. The standard InChI is InChI=1S/C16H28N4O2/c1-12-13(2)19-20(14(12)3)10-5-15(21)18-11-16(22)6-4-8-17-9-7-16/h17,22H,4-11H2,1-3H3,(H,18,21)/t16-/m1/s1. The van der Waals surface area contributed by atoms with Gasteiger partial charge in [0.25, 0.3) is 0 Å². The van der Waals surface area contributed by atoms with Crippen LogP contribution in [-0.2, 0) is 11.3 Å². The molecule has 1 fully saturated rings. The molecule has 1 aliphatic heterocycles. The fourth-order valence-corrected chi connectivity index (χ4v) is 2.85. The van der Waals surface area contributed by atoms with Crippen LogP contribution in [0.5, 0.6) is 0 Å². The number of aromatic nitrogens is 2. The van der Waals surface area contributed by atoms with Gasteiger partial charge in [-0.1, -0.05) is 0 Å². The van der Waals surface area contributed by atoms with Gasteiger partial charge in [-0.05, 0) is 58.7 Å². The van der Waals surface area contributed by atoms with Crippen molar-refractivity contribution in [2.24, 2.45) is 0 Å². The van der Waals surface area contributed by atoms with Crippen LogP contribution < -0.4 is 10.6 Å². The highest BCUT2D eigenvalue weighted by Gasteiger charge is 2.28. The fourth-order valence-electron chi connectivity index (χ4n) is 2.85. The molecular formula is C16H28N4O2. The van der Waals surface area contributed by atoms with Gasteiger partial charge in [0.05, 0.1) is 11.3 Å². The van der Waals surface area contributed by atoms with E-state index < -0.39 is 5.60 Å². The van der Waals surface area contributed by atoms with Crippen LogP contribution in [0.2, 0.25) is 0 Å². The van der Waals surface area contributed by atoms with Crippen LogP contribution in [0.25, 0.3) is 0 Å². The monoisotopic (exact) mass is 308 g/mol. The maximum atomic E-state index is 12.0. The molecule has 6 nitrogen and oxygen atoms in total. The lowest BCUT2D eigenvalue weighted by Crippen LogP contribution is -2.43. The average molecular weight is 308 g/mol. The molecule has 0 aliphatic carbocycles. The van der Waals surface area contributed by atoms with Crippen molar-refractivity contribution in [1.82, 2.24) is 20.4 Å². The minimum Gasteiger partial charge on any atom is -0.388 e. The summed E-state index contributed by atoms with van der Waals surface area (Å²) in [5.74, 6) is -0.0316. The Bertz CT molecular complexity index is 516. The number of aryl methyl sites for hydroxylation is 2. The first-order valence-electron chi connectivity index (χ1n) is 8.12. The summed E-state index contributed by atoms with van der Waals surface area (Å²) in [6, 6.07) is 0. The molecule has 0 radical (unpaired) electrons. The Balaban J connectivity index is 1.79. The van der Waals surface area contributed by atoms with Gasteiger partial charge in [-0.3, -0.25) is 9.48 Å². The SMILES string of the molecule is Cc1nn(CCC(=O)NC[C@@]2(O)CCCNCC2)c(C)c1C. The van der Waals surface area contributed by atoms with Gasteiger partial charge in [0.1, 0.15) is 0 Å². The quantitative estimate of drug-likeness (QED) is 0.752. The summed E-state index contributed by atoms with van der Waals surface area (Å²) in [7, 11) is 0. The van der Waals surface area contributed by atoms with Crippen molar-refractivity contribution in [3.63, 3.8) is 0 Å². The Hall–Kier alpha value is -1.40. The minimum absolute atomic E-state index is 0.0316. The van der Waals surface area contributed by atoms with Crippen molar-refractivity contribution in [2.45, 2.75) is 58.6 Å². The van der Waals surface area contributed by atoms with E-state index in [1.54, 1.807) is 0 Å². The first-order valence-corrected chi connectivity index (χ1v) is 8.12. The molecule has 22 heavy (non-hydrogen) atoms. The molecule has 3 N–H and O–H groups in total. The van der Waals surface area contributed by atoms with Crippen LogP contribution in [0.3, 0.4) is 0 Å². The molecule has 1 atom stereocenters. The van der Waals surface area contributed by atoms with Gasteiger partial charge in [-0.15, -0.1) is 0 Å². The van der Waals surface area contributed by atoms with Crippen molar-refractivity contribution in [3.05, 3.63) is 17.0 Å². The number of carbonyl (C=O) groups is 1. The molecule has 1 saturated heterocycles. The predicted molar refractivity (Wildman–Crippen MR) is 85.7 cm³/mol. The van der Waals surface area contributed by atoms with E-state index in [1.807, 2.05) is 25.5 Å². The zero-order valence-corrected chi connectivity index (χ0v) is 13.9. The number of amides is 1. The summed E-state index contributed by atoms with van der Waals surface area (Å²) in [6.45, 7) is 8.70. The van der Waals surface area contributed by atoms with Crippen LogP contribution in [0.15, 0.2) is 0 Å². The molecule has 0 bridgehead atoms. The molecular weight excluding hydrogens is 280 g/mol. The molecule has 6 heteroatoms. The highest BCUT2D eigenvalue weighted by Crippen LogP contribution is 2.18. The average Bonchev–Trinajstić information content (AvgIpc) is 2.68. The minimum atomic E-state index is -0.770. The zero-order chi connectivity index (χ0) is 16.2. The van der Waals surface area contributed by atoms with Crippen LogP contribution in [0, 0.1) is 20.8 Å². The van der Waals surface area contributed by atoms with Crippen molar-refractivity contribution in [1.29, 1.82) is 0 Å². The molecule has 0 spiro atoms. The molecule has 1 amide bonds. The summed E-state index contributed by atoms with van der Waals surface area (Å²) >= 11 is 0. The maximum Gasteiger partial charge on any atom is 0.221 e. The van der Waals surface area contributed by atoms with E-state index in [-0.39, 0.29) is 5.91 Å². The summed E-state index contributed by atoms with van der Waals surface area (Å²) < 4.78 is 1.88. The largest absolute Gasteiger partial charge is 0.388 e. The molecule has 1 aliphatic rings. The molecule has 1 aromatic rings. The molecule has 2 heterocycles. The van der Waals surface area contributed by atoms with E-state index in [9.17, 15) is 9.90 Å². The van der Waals surface area contributed by atoms with E-state index >= 15 is 0 Å². The topological polar surface area (TPSA) is 79.2 Å². The second-order valence-electron chi connectivity index (χ2n) is 6.37. The third kappa shape index (κ3) is 4.30. The van der Waals surface area contributed by atoms with Crippen LogP contribution in [-0.4, -0.2) is 46.0 Å². The normalized spacial score (nSPS) is 22.4. The molecule has 0 saturated carbocycles. The molecule has 0 aromatic carbocycles. The van der Waals surface area contributed by atoms with Crippen LogP contribution in [0.1, 0.15) is 42.6 Å². The van der Waals surface area contributed by atoms with Crippen molar-refractivity contribution < 1.29 is 9.90 Å². The van der Waals surface area contributed by atoms with Crippen molar-refractivity contribution in [3.8, 4) is 0 Å². The number of nitrogens with one attached hydrogen (secondary N) is 2. The third-order valence-electron chi connectivity index (χ3n) is 4.67. The summed E-state index contributed by atoms with van der Waals surface area (Å²) in [5, 5.41) is 21.1. The Kier molecular flexibility index (Phi) is 5.58. The molecule has 0 unspecified atom stereocenters. The summed E-state index contributed by atoms with van der Waals surface area (Å²) in [4.78, 5) is 12.0. The summed E-state index contributed by atoms with van der Waals surface area (Å²) in [5.41, 5.74) is 2.53. The van der Waals surface area contributed by atoms with E-state index in [0.717, 1.165) is 37.3 Å². The number of rotatable bonds is 5. The van der Waals surface area contributed by atoms with Gasteiger partial charge in [-0.2, -0.15) is 5.10 Å². The number of carbonyl (C=O) groups excluding carboxylic acids is 1. The Labute approximate surface area is 132 Å². The lowest BCUT2D eigenvalue weighted by molar-refractivity contribution is -0.122. The second-order valence-corrected chi connectivity index (χ2v) is 6.37. The van der Waals surface area contributed by atoms with Crippen molar-refractivity contribution in [2.75, 3.05) is 19.6 Å². The van der Waals surface area contributed by atoms with Crippen LogP contribution >= 0.6 is 0 Å². The predicted octanol–water partition coefficient (Wildman–Crippen LogP) is 0.819. The van der Waals surface area contributed by atoms with Gasteiger partial charge in [0.2, 0.25) is 5.91 Å². The zero-order valence-electron chi connectivity index (χ0n) is 13.9. The first-order chi connectivity index (χ1) is 10.4. The molecule has 1 aromatic heterocycles. The molecule has 124 valence electrons.